The van der Waals surface area contributed by atoms with Crippen molar-refractivity contribution < 1.29 is 19.4 Å². The number of hydrogen-bond acceptors (Lipinski definition) is 5. The Morgan fingerprint density at radius 2 is 1.74 bits per heavy atom. The van der Waals surface area contributed by atoms with Crippen LogP contribution in [0, 0.1) is 0 Å². The summed E-state index contributed by atoms with van der Waals surface area (Å²) < 4.78 is 5.26. The molecule has 0 bridgehead atoms. The van der Waals surface area contributed by atoms with Gasteiger partial charge in [-0.3, -0.25) is 9.59 Å². The maximum Gasteiger partial charge on any atom is 0.222 e. The van der Waals surface area contributed by atoms with E-state index >= 15 is 0 Å². The number of methoxy groups -OCH3 is 1. The van der Waals surface area contributed by atoms with Crippen LogP contribution in [0.2, 0.25) is 0 Å². The second-order valence-corrected chi connectivity index (χ2v) is 9.21. The highest BCUT2D eigenvalue weighted by atomic mass is 16.5. The van der Waals surface area contributed by atoms with Gasteiger partial charge in [0.15, 0.2) is 0 Å². The van der Waals surface area contributed by atoms with E-state index in [2.05, 4.69) is 10.6 Å². The fraction of sp³-hybridized carbons (Fsp3) is 0.500. The molecule has 190 valence electrons. The molecule has 7 heteroatoms. The average molecular weight is 482 g/mol. The fourth-order valence-corrected chi connectivity index (χ4v) is 4.42. The minimum atomic E-state index is -0.764. The summed E-state index contributed by atoms with van der Waals surface area (Å²) in [5, 5.41) is 17.2. The largest absolute Gasteiger partial charge is 0.497 e. The first-order chi connectivity index (χ1) is 17.0. The Morgan fingerprint density at radius 1 is 1.00 bits per heavy atom. The Hall–Kier alpha value is -2.90. The number of hydrogen-bond donors (Lipinski definition) is 3. The third-order valence-electron chi connectivity index (χ3n) is 6.43. The highest BCUT2D eigenvalue weighted by Gasteiger charge is 2.22. The van der Waals surface area contributed by atoms with Crippen LogP contribution < -0.4 is 15.4 Å². The molecule has 1 aliphatic heterocycles. The van der Waals surface area contributed by atoms with Gasteiger partial charge in [0.05, 0.1) is 19.3 Å². The fourth-order valence-electron chi connectivity index (χ4n) is 4.42. The van der Waals surface area contributed by atoms with Crippen molar-refractivity contribution >= 4 is 11.8 Å². The van der Waals surface area contributed by atoms with Crippen LogP contribution in [-0.2, 0) is 22.6 Å². The van der Waals surface area contributed by atoms with Crippen molar-refractivity contribution in [3.63, 3.8) is 0 Å². The summed E-state index contributed by atoms with van der Waals surface area (Å²) >= 11 is 0. The number of carbonyl (C=O) groups excluding carboxylic acids is 2. The van der Waals surface area contributed by atoms with Gasteiger partial charge in [0, 0.05) is 39.0 Å². The summed E-state index contributed by atoms with van der Waals surface area (Å²) in [5.41, 5.74) is 2.10. The third kappa shape index (κ3) is 9.34. The highest BCUT2D eigenvalue weighted by Crippen LogP contribution is 2.13. The third-order valence-corrected chi connectivity index (χ3v) is 6.43. The molecule has 0 spiro atoms. The van der Waals surface area contributed by atoms with Gasteiger partial charge in [-0.15, -0.1) is 0 Å². The second kappa shape index (κ2) is 14.5. The molecule has 3 N–H and O–H groups in total. The smallest absolute Gasteiger partial charge is 0.222 e. The Morgan fingerprint density at radius 3 is 2.49 bits per heavy atom. The summed E-state index contributed by atoms with van der Waals surface area (Å²) in [4.78, 5) is 27.0. The lowest BCUT2D eigenvalue weighted by atomic mass is 10.0. The number of carbonyl (C=O) groups is 2. The number of likely N-dealkylation sites (tertiary alicyclic amines) is 1. The van der Waals surface area contributed by atoms with Crippen molar-refractivity contribution in [2.45, 2.75) is 63.6 Å². The number of rotatable bonds is 13. The molecule has 0 aliphatic carbocycles. The summed E-state index contributed by atoms with van der Waals surface area (Å²) in [6.45, 7) is 2.58. The molecule has 1 saturated heterocycles. The molecule has 7 nitrogen and oxygen atoms in total. The normalized spacial score (nSPS) is 15.3. The number of amides is 2. The molecule has 0 saturated carbocycles. The Labute approximate surface area is 208 Å². The van der Waals surface area contributed by atoms with Crippen LogP contribution in [0.15, 0.2) is 54.6 Å². The van der Waals surface area contributed by atoms with Gasteiger partial charge in [-0.1, -0.05) is 42.5 Å². The summed E-state index contributed by atoms with van der Waals surface area (Å²) in [6, 6.07) is 17.2. The molecule has 0 aromatic heterocycles. The van der Waals surface area contributed by atoms with Gasteiger partial charge in [-0.2, -0.15) is 0 Å². The van der Waals surface area contributed by atoms with Gasteiger partial charge in [0.25, 0.3) is 0 Å². The Bertz CT molecular complexity index is 915. The number of aliphatic hydroxyl groups is 1. The molecule has 3 rings (SSSR count). The maximum absolute atomic E-state index is 12.7. The zero-order valence-electron chi connectivity index (χ0n) is 20.7. The summed E-state index contributed by atoms with van der Waals surface area (Å²) in [6.07, 6.45) is 4.26. The van der Waals surface area contributed by atoms with Gasteiger partial charge in [0.2, 0.25) is 11.8 Å². The highest BCUT2D eigenvalue weighted by molar-refractivity contribution is 5.79. The van der Waals surface area contributed by atoms with Crippen LogP contribution in [0.25, 0.3) is 0 Å². The van der Waals surface area contributed by atoms with Gasteiger partial charge >= 0.3 is 0 Å². The van der Waals surface area contributed by atoms with Crippen molar-refractivity contribution in [3.8, 4) is 5.75 Å². The van der Waals surface area contributed by atoms with Crippen LogP contribution in [-0.4, -0.2) is 60.7 Å². The minimum Gasteiger partial charge on any atom is -0.497 e. The van der Waals surface area contributed by atoms with Gasteiger partial charge < -0.3 is 25.4 Å². The lowest BCUT2D eigenvalue weighted by Gasteiger charge is -2.27. The lowest BCUT2D eigenvalue weighted by Crippen LogP contribution is -2.48. The molecule has 2 aromatic carbocycles. The van der Waals surface area contributed by atoms with Crippen molar-refractivity contribution in [1.29, 1.82) is 0 Å². The molecule has 1 fully saturated rings. The van der Waals surface area contributed by atoms with Crippen molar-refractivity contribution in [2.24, 2.45) is 0 Å². The number of nitrogens with one attached hydrogen (secondary N) is 2. The molecule has 2 amide bonds. The van der Waals surface area contributed by atoms with E-state index in [0.29, 0.717) is 32.4 Å². The summed E-state index contributed by atoms with van der Waals surface area (Å²) in [7, 11) is 1.64. The first-order valence-corrected chi connectivity index (χ1v) is 12.7. The predicted octanol–water partition coefficient (Wildman–Crippen LogP) is 3.06. The topological polar surface area (TPSA) is 90.9 Å². The van der Waals surface area contributed by atoms with Crippen molar-refractivity contribution in [2.75, 3.05) is 26.7 Å². The van der Waals surface area contributed by atoms with Gasteiger partial charge in [-0.05, 0) is 55.4 Å². The minimum absolute atomic E-state index is 0.135. The molecule has 1 heterocycles. The van der Waals surface area contributed by atoms with E-state index in [1.807, 2.05) is 59.5 Å². The zero-order chi connectivity index (χ0) is 24.9. The molecule has 35 heavy (non-hydrogen) atoms. The standard InChI is InChI=1S/C28H39N3O4/c1-35-24-13-8-12-23(18-24)20-29-21-26(32)25(19-22-10-4-2-5-11-22)30-27(33)14-9-15-28(34)31-16-6-3-7-17-31/h2,4-5,8,10-13,18,25-26,29,32H,3,6-7,9,14-17,19-21H2,1H3,(H,30,33). The Kier molecular flexibility index (Phi) is 11.1. The molecule has 1 aliphatic rings. The van der Waals surface area contributed by atoms with E-state index in [9.17, 15) is 14.7 Å². The molecular formula is C28H39N3O4. The number of ether oxygens (including phenoxy) is 1. The van der Waals surface area contributed by atoms with Crippen LogP contribution in [0.1, 0.15) is 49.7 Å². The second-order valence-electron chi connectivity index (χ2n) is 9.21. The number of nitrogens with zero attached hydrogens (tertiary/aromatic N) is 1. The molecule has 2 unspecified atom stereocenters. The molecule has 0 radical (unpaired) electrons. The van der Waals surface area contributed by atoms with Gasteiger partial charge in [0.1, 0.15) is 5.75 Å². The van der Waals surface area contributed by atoms with E-state index in [1.54, 1.807) is 7.11 Å². The van der Waals surface area contributed by atoms with E-state index in [1.165, 1.54) is 6.42 Å². The molecule has 2 aromatic rings. The Balaban J connectivity index is 1.49. The SMILES string of the molecule is COc1cccc(CNCC(O)C(Cc2ccccc2)NC(=O)CCCC(=O)N2CCCCC2)c1. The number of benzene rings is 2. The van der Waals surface area contributed by atoms with Crippen LogP contribution in [0.4, 0.5) is 0 Å². The van der Waals surface area contributed by atoms with E-state index in [-0.39, 0.29) is 18.2 Å². The van der Waals surface area contributed by atoms with Crippen LogP contribution >= 0.6 is 0 Å². The zero-order valence-corrected chi connectivity index (χ0v) is 20.7. The first kappa shape index (κ1) is 26.7. The van der Waals surface area contributed by atoms with Crippen LogP contribution in [0.5, 0.6) is 5.75 Å². The molecule has 2 atom stereocenters. The van der Waals surface area contributed by atoms with Crippen molar-refractivity contribution in [1.82, 2.24) is 15.5 Å². The quantitative estimate of drug-likeness (QED) is 0.409. The van der Waals surface area contributed by atoms with Crippen LogP contribution in [0.3, 0.4) is 0 Å². The number of piperidine rings is 1. The monoisotopic (exact) mass is 481 g/mol. The van der Waals surface area contributed by atoms with Gasteiger partial charge in [-0.25, -0.2) is 0 Å². The van der Waals surface area contributed by atoms with E-state index in [0.717, 1.165) is 42.8 Å². The maximum atomic E-state index is 12.7. The predicted molar refractivity (Wildman–Crippen MR) is 137 cm³/mol. The average Bonchev–Trinajstić information content (AvgIpc) is 2.89. The number of aliphatic hydroxyl groups excluding tert-OH is 1. The van der Waals surface area contributed by atoms with Crippen molar-refractivity contribution in [3.05, 3.63) is 65.7 Å². The van der Waals surface area contributed by atoms with E-state index in [4.69, 9.17) is 4.74 Å². The first-order valence-electron chi connectivity index (χ1n) is 12.7. The molecular weight excluding hydrogens is 442 g/mol. The lowest BCUT2D eigenvalue weighted by molar-refractivity contribution is -0.132. The summed E-state index contributed by atoms with van der Waals surface area (Å²) in [5.74, 6) is 0.794. The van der Waals surface area contributed by atoms with E-state index < -0.39 is 12.1 Å².